The van der Waals surface area contributed by atoms with Gasteiger partial charge in [-0.15, -0.1) is 0 Å². The molecule has 0 aliphatic heterocycles. The SMILES string of the molecule is C=CC(=O)OCCOCCOCCOCCOCCOCCOCCOCCOc1ccccc1N. The smallest absolute Gasteiger partial charge is 0.330 e. The molecule has 11 heteroatoms. The van der Waals surface area contributed by atoms with Gasteiger partial charge in [0.2, 0.25) is 0 Å². The summed E-state index contributed by atoms with van der Waals surface area (Å²) < 4.78 is 48.1. The van der Waals surface area contributed by atoms with Crippen molar-refractivity contribution in [2.45, 2.75) is 0 Å². The molecular weight excluding hydrogens is 474 g/mol. The Kier molecular flexibility index (Phi) is 21.6. The van der Waals surface area contributed by atoms with E-state index < -0.39 is 5.97 Å². The second-order valence-corrected chi connectivity index (χ2v) is 7.04. The number of hydrogen-bond acceptors (Lipinski definition) is 11. The van der Waals surface area contributed by atoms with Crippen molar-refractivity contribution in [3.63, 3.8) is 0 Å². The molecule has 0 heterocycles. The lowest BCUT2D eigenvalue weighted by molar-refractivity contribution is -0.139. The molecule has 0 atom stereocenters. The lowest BCUT2D eigenvalue weighted by Gasteiger charge is -2.09. The number of anilines is 1. The number of para-hydroxylation sites is 2. The Morgan fingerprint density at radius 1 is 0.611 bits per heavy atom. The summed E-state index contributed by atoms with van der Waals surface area (Å²) in [6, 6.07) is 7.36. The van der Waals surface area contributed by atoms with Crippen LogP contribution in [0.4, 0.5) is 5.69 Å². The maximum atomic E-state index is 10.8. The standard InChI is InChI=1S/C25H41NO10/c1-2-25(27)36-22-20-34-18-16-32-14-12-30-10-8-28-7-9-29-11-13-31-15-17-33-19-21-35-24-6-4-3-5-23(24)26/h2-6H,1,7-22,26H2. The van der Waals surface area contributed by atoms with Crippen LogP contribution in [0.3, 0.4) is 0 Å². The minimum Gasteiger partial charge on any atom is -0.489 e. The van der Waals surface area contributed by atoms with Crippen molar-refractivity contribution in [3.05, 3.63) is 36.9 Å². The van der Waals surface area contributed by atoms with Gasteiger partial charge in [0.1, 0.15) is 19.0 Å². The first kappa shape index (κ1) is 31.8. The molecule has 2 N–H and O–H groups in total. The Morgan fingerprint density at radius 2 is 0.972 bits per heavy atom. The first-order valence-electron chi connectivity index (χ1n) is 12.0. The summed E-state index contributed by atoms with van der Waals surface area (Å²) in [6.07, 6.45) is 1.11. The Balaban J connectivity index is 1.67. The number of carbonyl (C=O) groups is 1. The van der Waals surface area contributed by atoms with Crippen LogP contribution in [0, 0.1) is 0 Å². The van der Waals surface area contributed by atoms with E-state index in [0.29, 0.717) is 111 Å². The molecule has 0 spiro atoms. The highest BCUT2D eigenvalue weighted by Gasteiger charge is 1.99. The summed E-state index contributed by atoms with van der Waals surface area (Å²) in [7, 11) is 0. The fourth-order valence-corrected chi connectivity index (χ4v) is 2.50. The van der Waals surface area contributed by atoms with E-state index in [1.165, 1.54) is 0 Å². The van der Waals surface area contributed by atoms with E-state index in [0.717, 1.165) is 6.08 Å². The quantitative estimate of drug-likeness (QED) is 0.0835. The van der Waals surface area contributed by atoms with Crippen molar-refractivity contribution in [1.29, 1.82) is 0 Å². The molecule has 36 heavy (non-hydrogen) atoms. The van der Waals surface area contributed by atoms with Crippen LogP contribution in [0.2, 0.25) is 0 Å². The maximum absolute atomic E-state index is 10.8. The molecule has 0 aliphatic carbocycles. The zero-order valence-corrected chi connectivity index (χ0v) is 21.1. The predicted molar refractivity (Wildman–Crippen MR) is 133 cm³/mol. The van der Waals surface area contributed by atoms with E-state index in [9.17, 15) is 4.79 Å². The Morgan fingerprint density at radius 3 is 1.36 bits per heavy atom. The van der Waals surface area contributed by atoms with Gasteiger partial charge in [-0.05, 0) is 12.1 Å². The summed E-state index contributed by atoms with van der Waals surface area (Å²) in [6.45, 7) is 10.5. The lowest BCUT2D eigenvalue weighted by atomic mass is 10.3. The number of nitrogens with two attached hydrogens (primary N) is 1. The fourth-order valence-electron chi connectivity index (χ4n) is 2.50. The van der Waals surface area contributed by atoms with Crippen LogP contribution in [-0.4, -0.2) is 112 Å². The van der Waals surface area contributed by atoms with Crippen LogP contribution in [0.15, 0.2) is 36.9 Å². The first-order valence-corrected chi connectivity index (χ1v) is 12.0. The van der Waals surface area contributed by atoms with Crippen LogP contribution < -0.4 is 10.5 Å². The van der Waals surface area contributed by atoms with Crippen molar-refractivity contribution in [3.8, 4) is 5.75 Å². The number of esters is 1. The summed E-state index contributed by atoms with van der Waals surface area (Å²) in [5.74, 6) is 0.207. The van der Waals surface area contributed by atoms with Gasteiger partial charge >= 0.3 is 5.97 Å². The third kappa shape index (κ3) is 20.0. The molecule has 1 aromatic rings. The Labute approximate surface area is 213 Å². The van der Waals surface area contributed by atoms with Crippen LogP contribution in [0.1, 0.15) is 0 Å². The number of benzene rings is 1. The minimum atomic E-state index is -0.458. The number of nitrogen functional groups attached to an aromatic ring is 1. The molecule has 11 nitrogen and oxygen atoms in total. The molecule has 0 saturated carbocycles. The Bertz CT molecular complexity index is 661. The molecule has 0 aromatic heterocycles. The number of ether oxygens (including phenoxy) is 9. The van der Waals surface area contributed by atoms with Crippen molar-refractivity contribution >= 4 is 11.7 Å². The van der Waals surface area contributed by atoms with Gasteiger partial charge in [0, 0.05) is 6.08 Å². The average molecular weight is 516 g/mol. The van der Waals surface area contributed by atoms with Crippen LogP contribution in [-0.2, 0) is 42.7 Å². The molecule has 206 valence electrons. The minimum absolute atomic E-state index is 0.200. The molecule has 0 amide bonds. The Hall–Kier alpha value is -2.25. The number of rotatable bonds is 26. The van der Waals surface area contributed by atoms with E-state index in [1.807, 2.05) is 18.2 Å². The van der Waals surface area contributed by atoms with Crippen molar-refractivity contribution in [2.75, 3.05) is 111 Å². The van der Waals surface area contributed by atoms with Crippen LogP contribution in [0.5, 0.6) is 5.75 Å². The molecule has 0 aliphatic rings. The summed E-state index contributed by atoms with van der Waals surface area (Å²) in [4.78, 5) is 10.8. The third-order valence-corrected chi connectivity index (χ3v) is 4.27. The zero-order valence-electron chi connectivity index (χ0n) is 21.1. The predicted octanol–water partition coefficient (Wildman–Crippen LogP) is 1.49. The van der Waals surface area contributed by atoms with Gasteiger partial charge in [0.25, 0.3) is 0 Å². The van der Waals surface area contributed by atoms with Crippen molar-refractivity contribution in [2.24, 2.45) is 0 Å². The number of hydrogen-bond donors (Lipinski definition) is 1. The average Bonchev–Trinajstić information content (AvgIpc) is 2.89. The summed E-state index contributed by atoms with van der Waals surface area (Å²) in [5.41, 5.74) is 6.41. The monoisotopic (exact) mass is 515 g/mol. The van der Waals surface area contributed by atoms with Gasteiger partial charge in [-0.2, -0.15) is 0 Å². The van der Waals surface area contributed by atoms with E-state index in [2.05, 4.69) is 6.58 Å². The van der Waals surface area contributed by atoms with E-state index in [4.69, 9.17) is 48.4 Å². The lowest BCUT2D eigenvalue weighted by Crippen LogP contribution is -2.15. The second kappa shape index (κ2) is 24.4. The first-order chi connectivity index (χ1) is 17.7. The molecule has 0 fully saturated rings. The zero-order chi connectivity index (χ0) is 25.9. The molecule has 0 saturated heterocycles. The topological polar surface area (TPSA) is 126 Å². The van der Waals surface area contributed by atoms with Crippen LogP contribution >= 0.6 is 0 Å². The molecule has 0 bridgehead atoms. The fraction of sp³-hybridized carbons (Fsp3) is 0.640. The molecule has 1 rings (SSSR count). The summed E-state index contributed by atoms with van der Waals surface area (Å²) in [5, 5.41) is 0. The van der Waals surface area contributed by atoms with E-state index in [1.54, 1.807) is 6.07 Å². The van der Waals surface area contributed by atoms with E-state index in [-0.39, 0.29) is 6.61 Å². The molecule has 1 aromatic carbocycles. The second-order valence-electron chi connectivity index (χ2n) is 7.04. The van der Waals surface area contributed by atoms with Crippen molar-refractivity contribution < 1.29 is 47.4 Å². The molecule has 0 radical (unpaired) electrons. The third-order valence-electron chi connectivity index (χ3n) is 4.27. The van der Waals surface area contributed by atoms with Gasteiger partial charge < -0.3 is 48.4 Å². The van der Waals surface area contributed by atoms with Gasteiger partial charge in [-0.25, -0.2) is 4.79 Å². The van der Waals surface area contributed by atoms with Crippen molar-refractivity contribution in [1.82, 2.24) is 0 Å². The normalized spacial score (nSPS) is 10.9. The maximum Gasteiger partial charge on any atom is 0.330 e. The van der Waals surface area contributed by atoms with Gasteiger partial charge in [-0.3, -0.25) is 0 Å². The van der Waals surface area contributed by atoms with Gasteiger partial charge in [0.05, 0.1) is 98.2 Å². The molecular formula is C25H41NO10. The highest BCUT2D eigenvalue weighted by atomic mass is 16.6. The highest BCUT2D eigenvalue weighted by molar-refractivity contribution is 5.81. The van der Waals surface area contributed by atoms with Gasteiger partial charge in [-0.1, -0.05) is 18.7 Å². The molecule has 0 unspecified atom stereocenters. The highest BCUT2D eigenvalue weighted by Crippen LogP contribution is 2.19. The number of carbonyl (C=O) groups excluding carboxylic acids is 1. The van der Waals surface area contributed by atoms with Crippen LogP contribution in [0.25, 0.3) is 0 Å². The largest absolute Gasteiger partial charge is 0.489 e. The van der Waals surface area contributed by atoms with Gasteiger partial charge in [0.15, 0.2) is 0 Å². The summed E-state index contributed by atoms with van der Waals surface area (Å²) >= 11 is 0. The van der Waals surface area contributed by atoms with E-state index >= 15 is 0 Å².